The molecule has 0 spiro atoms. The number of hydrogen-bond acceptors (Lipinski definition) is 4. The molecule has 1 aliphatic carbocycles. The van der Waals surface area contributed by atoms with Gasteiger partial charge in [0.15, 0.2) is 6.61 Å². The fourth-order valence-electron chi connectivity index (χ4n) is 3.34. The Hall–Kier alpha value is -2.08. The van der Waals surface area contributed by atoms with Crippen molar-refractivity contribution in [1.82, 2.24) is 10.2 Å². The molecular formula is C19H27N3O3. The Balaban J connectivity index is 1.48. The van der Waals surface area contributed by atoms with Crippen molar-refractivity contribution in [2.24, 2.45) is 17.6 Å². The van der Waals surface area contributed by atoms with Gasteiger partial charge in [0.2, 0.25) is 5.91 Å². The molecule has 2 aliphatic rings. The van der Waals surface area contributed by atoms with Crippen molar-refractivity contribution in [3.8, 4) is 5.75 Å². The number of carbonyl (C=O) groups excluding carboxylic acids is 2. The number of hydrogen-bond donors (Lipinski definition) is 2. The molecule has 2 unspecified atom stereocenters. The minimum absolute atomic E-state index is 0.00581. The van der Waals surface area contributed by atoms with Crippen LogP contribution in [0.1, 0.15) is 25.7 Å². The Morgan fingerprint density at radius 3 is 2.68 bits per heavy atom. The van der Waals surface area contributed by atoms with Crippen molar-refractivity contribution >= 4 is 11.8 Å². The van der Waals surface area contributed by atoms with E-state index in [1.807, 2.05) is 30.3 Å². The Bertz CT molecular complexity index is 589. The van der Waals surface area contributed by atoms with Gasteiger partial charge < -0.3 is 20.7 Å². The molecule has 0 bridgehead atoms. The van der Waals surface area contributed by atoms with Crippen molar-refractivity contribution in [1.29, 1.82) is 0 Å². The van der Waals surface area contributed by atoms with Gasteiger partial charge in [-0.1, -0.05) is 18.2 Å². The summed E-state index contributed by atoms with van der Waals surface area (Å²) in [4.78, 5) is 26.6. The standard InChI is InChI=1S/C19H27N3O3/c20-11-17(14-8-9-14)21-19(24)15-5-4-10-22(12-15)18(23)13-25-16-6-2-1-3-7-16/h1-3,6-7,14-15,17H,4-5,8-13,20H2,(H,21,24). The van der Waals surface area contributed by atoms with Crippen LogP contribution in [0.3, 0.4) is 0 Å². The van der Waals surface area contributed by atoms with Crippen molar-refractivity contribution in [3.05, 3.63) is 30.3 Å². The fourth-order valence-corrected chi connectivity index (χ4v) is 3.34. The van der Waals surface area contributed by atoms with Crippen LogP contribution in [0.15, 0.2) is 30.3 Å². The molecule has 1 saturated carbocycles. The van der Waals surface area contributed by atoms with Crippen LogP contribution in [-0.2, 0) is 9.59 Å². The van der Waals surface area contributed by atoms with Gasteiger partial charge in [-0.05, 0) is 43.7 Å². The van der Waals surface area contributed by atoms with Crippen molar-refractivity contribution < 1.29 is 14.3 Å². The van der Waals surface area contributed by atoms with E-state index in [0.717, 1.165) is 25.7 Å². The summed E-state index contributed by atoms with van der Waals surface area (Å²) in [6.45, 7) is 1.64. The molecule has 2 fully saturated rings. The molecule has 1 heterocycles. The number of piperidine rings is 1. The molecule has 3 N–H and O–H groups in total. The van der Waals surface area contributed by atoms with Gasteiger partial charge in [-0.3, -0.25) is 9.59 Å². The van der Waals surface area contributed by atoms with Gasteiger partial charge in [0.05, 0.1) is 5.92 Å². The Morgan fingerprint density at radius 2 is 2.00 bits per heavy atom. The van der Waals surface area contributed by atoms with Crippen molar-refractivity contribution in [2.45, 2.75) is 31.7 Å². The zero-order chi connectivity index (χ0) is 17.6. The molecule has 1 saturated heterocycles. The second-order valence-corrected chi connectivity index (χ2v) is 6.97. The van der Waals surface area contributed by atoms with Gasteiger partial charge in [0, 0.05) is 25.7 Å². The summed E-state index contributed by atoms with van der Waals surface area (Å²) in [6.07, 6.45) is 3.95. The summed E-state index contributed by atoms with van der Waals surface area (Å²) in [7, 11) is 0. The van der Waals surface area contributed by atoms with Gasteiger partial charge >= 0.3 is 0 Å². The molecule has 3 rings (SSSR count). The summed E-state index contributed by atoms with van der Waals surface area (Å²) in [6, 6.07) is 9.37. The average molecular weight is 345 g/mol. The lowest BCUT2D eigenvalue weighted by Crippen LogP contribution is -2.50. The van der Waals surface area contributed by atoms with Crippen LogP contribution in [0.5, 0.6) is 5.75 Å². The highest BCUT2D eigenvalue weighted by Crippen LogP contribution is 2.32. The van der Waals surface area contributed by atoms with E-state index >= 15 is 0 Å². The molecule has 1 aromatic carbocycles. The molecule has 1 aromatic rings. The fraction of sp³-hybridized carbons (Fsp3) is 0.579. The lowest BCUT2D eigenvalue weighted by molar-refractivity contribution is -0.137. The number of likely N-dealkylation sites (tertiary alicyclic amines) is 1. The van der Waals surface area contributed by atoms with E-state index in [2.05, 4.69) is 5.32 Å². The first-order chi connectivity index (χ1) is 12.2. The molecule has 0 radical (unpaired) electrons. The molecule has 2 amide bonds. The molecular weight excluding hydrogens is 318 g/mol. The lowest BCUT2D eigenvalue weighted by Gasteiger charge is -2.32. The number of rotatable bonds is 7. The topological polar surface area (TPSA) is 84.7 Å². The summed E-state index contributed by atoms with van der Waals surface area (Å²) in [5.41, 5.74) is 5.77. The maximum absolute atomic E-state index is 12.5. The number of carbonyl (C=O) groups is 2. The van der Waals surface area contributed by atoms with E-state index in [-0.39, 0.29) is 30.4 Å². The quantitative estimate of drug-likeness (QED) is 0.777. The highest BCUT2D eigenvalue weighted by Gasteiger charge is 2.34. The molecule has 6 nitrogen and oxygen atoms in total. The molecule has 6 heteroatoms. The highest BCUT2D eigenvalue weighted by atomic mass is 16.5. The Kier molecular flexibility index (Phi) is 5.91. The van der Waals surface area contributed by atoms with Crippen LogP contribution < -0.4 is 15.8 Å². The normalized spacial score (nSPS) is 21.5. The second kappa shape index (κ2) is 8.34. The molecule has 136 valence electrons. The first-order valence-electron chi connectivity index (χ1n) is 9.13. The van der Waals surface area contributed by atoms with E-state index < -0.39 is 0 Å². The summed E-state index contributed by atoms with van der Waals surface area (Å²) in [5.74, 6) is 1.02. The zero-order valence-electron chi connectivity index (χ0n) is 14.5. The van der Waals surface area contributed by atoms with E-state index in [9.17, 15) is 9.59 Å². The third-order valence-corrected chi connectivity index (χ3v) is 5.02. The maximum Gasteiger partial charge on any atom is 0.260 e. The predicted molar refractivity (Wildman–Crippen MR) is 95.0 cm³/mol. The van der Waals surface area contributed by atoms with Crippen LogP contribution in [0.4, 0.5) is 0 Å². The number of nitrogens with zero attached hydrogens (tertiary/aromatic N) is 1. The van der Waals surface area contributed by atoms with E-state index in [0.29, 0.717) is 31.3 Å². The molecule has 1 aliphatic heterocycles. The Labute approximate surface area is 148 Å². The highest BCUT2D eigenvalue weighted by molar-refractivity contribution is 5.82. The number of nitrogens with one attached hydrogen (secondary N) is 1. The largest absolute Gasteiger partial charge is 0.484 e. The summed E-state index contributed by atoms with van der Waals surface area (Å²) < 4.78 is 5.53. The zero-order valence-corrected chi connectivity index (χ0v) is 14.5. The van der Waals surface area contributed by atoms with Gasteiger partial charge in [0.25, 0.3) is 5.91 Å². The van der Waals surface area contributed by atoms with E-state index in [1.165, 1.54) is 0 Å². The first-order valence-corrected chi connectivity index (χ1v) is 9.13. The number of para-hydroxylation sites is 1. The molecule has 0 aromatic heterocycles. The third-order valence-electron chi connectivity index (χ3n) is 5.02. The minimum Gasteiger partial charge on any atom is -0.484 e. The monoisotopic (exact) mass is 345 g/mol. The third kappa shape index (κ3) is 4.95. The lowest BCUT2D eigenvalue weighted by atomic mass is 9.96. The smallest absolute Gasteiger partial charge is 0.260 e. The summed E-state index contributed by atoms with van der Waals surface area (Å²) in [5, 5.41) is 3.08. The first kappa shape index (κ1) is 17.7. The van der Waals surface area contributed by atoms with Crippen molar-refractivity contribution in [2.75, 3.05) is 26.2 Å². The van der Waals surface area contributed by atoms with Gasteiger partial charge in [-0.25, -0.2) is 0 Å². The SMILES string of the molecule is NCC(NC(=O)C1CCCN(C(=O)COc2ccccc2)C1)C1CC1. The van der Waals surface area contributed by atoms with E-state index in [1.54, 1.807) is 4.90 Å². The Morgan fingerprint density at radius 1 is 1.24 bits per heavy atom. The number of nitrogens with two attached hydrogens (primary N) is 1. The molecule has 25 heavy (non-hydrogen) atoms. The predicted octanol–water partition coefficient (Wildman–Crippen LogP) is 1.16. The maximum atomic E-state index is 12.5. The van der Waals surface area contributed by atoms with Crippen LogP contribution in [0, 0.1) is 11.8 Å². The number of benzene rings is 1. The van der Waals surface area contributed by atoms with Crippen LogP contribution in [0.2, 0.25) is 0 Å². The van der Waals surface area contributed by atoms with Crippen LogP contribution in [0.25, 0.3) is 0 Å². The average Bonchev–Trinajstić information content (AvgIpc) is 3.50. The number of amides is 2. The van der Waals surface area contributed by atoms with Crippen LogP contribution >= 0.6 is 0 Å². The van der Waals surface area contributed by atoms with Crippen LogP contribution in [-0.4, -0.2) is 49.0 Å². The van der Waals surface area contributed by atoms with Crippen molar-refractivity contribution in [3.63, 3.8) is 0 Å². The minimum atomic E-state index is -0.151. The van der Waals surface area contributed by atoms with E-state index in [4.69, 9.17) is 10.5 Å². The van der Waals surface area contributed by atoms with Gasteiger partial charge in [-0.15, -0.1) is 0 Å². The molecule has 2 atom stereocenters. The van der Waals surface area contributed by atoms with Gasteiger partial charge in [-0.2, -0.15) is 0 Å². The number of ether oxygens (including phenoxy) is 1. The van der Waals surface area contributed by atoms with Gasteiger partial charge in [0.1, 0.15) is 5.75 Å². The second-order valence-electron chi connectivity index (χ2n) is 6.97. The summed E-state index contributed by atoms with van der Waals surface area (Å²) >= 11 is 0.